The summed E-state index contributed by atoms with van der Waals surface area (Å²) in [7, 11) is 0. The number of furan rings is 1. The molecule has 4 nitrogen and oxygen atoms in total. The maximum Gasteiger partial charge on any atom is 0.310 e. The first-order chi connectivity index (χ1) is 15.1. The largest absolute Gasteiger partial charge is 0.459 e. The summed E-state index contributed by atoms with van der Waals surface area (Å²) >= 11 is 0. The van der Waals surface area contributed by atoms with Gasteiger partial charge in [-0.25, -0.2) is 13.8 Å². The highest BCUT2D eigenvalue weighted by Gasteiger charge is 2.44. The zero-order chi connectivity index (χ0) is 21.4. The Bertz CT molecular complexity index is 1150. The molecule has 2 aliphatic rings. The van der Waals surface area contributed by atoms with Gasteiger partial charge in [0.15, 0.2) is 5.76 Å². The first kappa shape index (κ1) is 19.4. The van der Waals surface area contributed by atoms with Crippen LogP contribution >= 0.6 is 0 Å². The third kappa shape index (κ3) is 3.69. The van der Waals surface area contributed by atoms with Crippen LogP contribution < -0.4 is 0 Å². The van der Waals surface area contributed by atoms with Crippen molar-refractivity contribution in [3.05, 3.63) is 101 Å². The highest BCUT2D eigenvalue weighted by atomic mass is 19.1. The normalized spacial score (nSPS) is 21.8. The number of benzene rings is 2. The summed E-state index contributed by atoms with van der Waals surface area (Å²) in [5, 5.41) is 6.21. The summed E-state index contributed by atoms with van der Waals surface area (Å²) in [6.07, 6.45) is 6.09. The van der Waals surface area contributed by atoms with Gasteiger partial charge in [0.2, 0.25) is 0 Å². The predicted octanol–water partition coefficient (Wildman–Crippen LogP) is 5.99. The maximum absolute atomic E-state index is 13.6. The van der Waals surface area contributed by atoms with Crippen LogP contribution in [0.3, 0.4) is 0 Å². The lowest BCUT2D eigenvalue weighted by Gasteiger charge is -2.29. The van der Waals surface area contributed by atoms with Gasteiger partial charge in [0.05, 0.1) is 18.0 Å². The molecule has 1 aromatic heterocycles. The minimum atomic E-state index is -0.342. The second-order valence-electron chi connectivity index (χ2n) is 7.83. The molecule has 0 saturated heterocycles. The van der Waals surface area contributed by atoms with Crippen molar-refractivity contribution in [2.45, 2.75) is 25.3 Å². The molecule has 1 aliphatic carbocycles. The number of fused-ring (bicyclic) bond motifs is 1. The number of carbonyl (C=O) groups excluding carboxylic acids is 1. The van der Waals surface area contributed by atoms with Gasteiger partial charge in [-0.3, -0.25) is 4.79 Å². The molecule has 0 radical (unpaired) electrons. The Kier molecular flexibility index (Phi) is 4.98. The Morgan fingerprint density at radius 3 is 2.42 bits per heavy atom. The molecule has 5 rings (SSSR count). The second-order valence-corrected chi connectivity index (χ2v) is 7.83. The third-order valence-corrected chi connectivity index (χ3v) is 5.86. The molecular weight excluding hydrogens is 398 g/mol. The number of rotatable bonds is 3. The lowest BCUT2D eigenvalue weighted by Crippen LogP contribution is -2.31. The lowest BCUT2D eigenvalue weighted by atomic mass is 9.77. The van der Waals surface area contributed by atoms with Crippen LogP contribution in [0.5, 0.6) is 0 Å². The highest BCUT2D eigenvalue weighted by Crippen LogP contribution is 2.45. The van der Waals surface area contributed by atoms with Gasteiger partial charge in [-0.15, -0.1) is 0 Å². The number of hydrazone groups is 1. The Morgan fingerprint density at radius 1 is 1.03 bits per heavy atom. The first-order valence-corrected chi connectivity index (χ1v) is 10.3. The van der Waals surface area contributed by atoms with E-state index in [1.165, 1.54) is 35.5 Å². The monoisotopic (exact) mass is 418 g/mol. The van der Waals surface area contributed by atoms with Gasteiger partial charge >= 0.3 is 5.91 Å². The van der Waals surface area contributed by atoms with E-state index in [1.54, 1.807) is 36.4 Å². The smallest absolute Gasteiger partial charge is 0.310 e. The summed E-state index contributed by atoms with van der Waals surface area (Å²) in [6, 6.07) is 15.5. The summed E-state index contributed by atoms with van der Waals surface area (Å²) in [4.78, 5) is 13.2. The standard InChI is InChI=1S/C25H20F2N2O2/c26-19-10-6-16(7-11-19)15-18-3-1-4-21-23(18)28-29(25(30)22-5-2-14-31-22)24(21)17-8-12-20(27)13-9-17/h2,5-15,21,24H,1,3-4H2/b18-15-/t21-,24-/m0/s1. The molecule has 0 N–H and O–H groups in total. The molecule has 2 aromatic carbocycles. The van der Waals surface area contributed by atoms with Crippen LogP contribution in [0.15, 0.2) is 82.0 Å². The van der Waals surface area contributed by atoms with Gasteiger partial charge in [0, 0.05) is 5.92 Å². The van der Waals surface area contributed by atoms with Crippen molar-refractivity contribution >= 4 is 17.7 Å². The van der Waals surface area contributed by atoms with Crippen molar-refractivity contribution in [2.75, 3.05) is 0 Å². The van der Waals surface area contributed by atoms with E-state index in [0.29, 0.717) is 0 Å². The quantitative estimate of drug-likeness (QED) is 0.524. The Labute approximate surface area is 178 Å². The number of carbonyl (C=O) groups is 1. The van der Waals surface area contributed by atoms with Crippen molar-refractivity contribution in [3.8, 4) is 0 Å². The summed E-state index contributed by atoms with van der Waals surface area (Å²) < 4.78 is 32.2. The van der Waals surface area contributed by atoms with Crippen molar-refractivity contribution in [1.82, 2.24) is 5.01 Å². The van der Waals surface area contributed by atoms with E-state index in [1.807, 2.05) is 6.08 Å². The SMILES string of the molecule is O=C(c1ccco1)N1N=C2/C(=C\c3ccc(F)cc3)CCC[C@@H]2[C@@H]1c1ccc(F)cc1. The van der Waals surface area contributed by atoms with E-state index >= 15 is 0 Å². The summed E-state index contributed by atoms with van der Waals surface area (Å²) in [5.41, 5.74) is 3.59. The Morgan fingerprint density at radius 2 is 1.74 bits per heavy atom. The van der Waals surface area contributed by atoms with Gasteiger partial charge in [-0.1, -0.05) is 24.3 Å². The molecule has 0 bridgehead atoms. The van der Waals surface area contributed by atoms with Gasteiger partial charge in [0.1, 0.15) is 11.6 Å². The average molecular weight is 418 g/mol. The van der Waals surface area contributed by atoms with E-state index in [0.717, 1.165) is 41.7 Å². The van der Waals surface area contributed by atoms with Crippen molar-refractivity contribution in [1.29, 1.82) is 0 Å². The van der Waals surface area contributed by atoms with Crippen LogP contribution in [0.4, 0.5) is 8.78 Å². The van der Waals surface area contributed by atoms with Crippen LogP contribution in [0.2, 0.25) is 0 Å². The molecule has 1 amide bonds. The average Bonchev–Trinajstić information content (AvgIpc) is 3.44. The van der Waals surface area contributed by atoms with Crippen LogP contribution in [0.25, 0.3) is 6.08 Å². The highest BCUT2D eigenvalue weighted by molar-refractivity contribution is 6.08. The predicted molar refractivity (Wildman–Crippen MR) is 113 cm³/mol. The van der Waals surface area contributed by atoms with Gasteiger partial charge in [-0.2, -0.15) is 5.10 Å². The number of nitrogens with zero attached hydrogens (tertiary/aromatic N) is 2. The fourth-order valence-electron chi connectivity index (χ4n) is 4.43. The molecule has 2 heterocycles. The second kappa shape index (κ2) is 7.95. The molecule has 2 atom stereocenters. The number of hydrogen-bond donors (Lipinski definition) is 0. The van der Waals surface area contributed by atoms with Crippen molar-refractivity contribution in [3.63, 3.8) is 0 Å². The Balaban J connectivity index is 1.57. The van der Waals surface area contributed by atoms with Crippen LogP contribution in [-0.4, -0.2) is 16.6 Å². The van der Waals surface area contributed by atoms with E-state index in [-0.39, 0.29) is 35.3 Å². The third-order valence-electron chi connectivity index (χ3n) is 5.86. The van der Waals surface area contributed by atoms with E-state index in [4.69, 9.17) is 9.52 Å². The Hall–Kier alpha value is -3.54. The molecule has 31 heavy (non-hydrogen) atoms. The van der Waals surface area contributed by atoms with E-state index in [9.17, 15) is 13.6 Å². The topological polar surface area (TPSA) is 45.8 Å². The van der Waals surface area contributed by atoms with E-state index in [2.05, 4.69) is 0 Å². The van der Waals surface area contributed by atoms with Gasteiger partial charge in [0.25, 0.3) is 0 Å². The molecule has 1 fully saturated rings. The van der Waals surface area contributed by atoms with Crippen molar-refractivity contribution in [2.24, 2.45) is 11.0 Å². The van der Waals surface area contributed by atoms with E-state index < -0.39 is 0 Å². The van der Waals surface area contributed by atoms with Gasteiger partial charge < -0.3 is 4.42 Å². The molecule has 0 spiro atoms. The van der Waals surface area contributed by atoms with Crippen LogP contribution in [0, 0.1) is 17.6 Å². The minimum absolute atomic E-state index is 0.00942. The maximum atomic E-state index is 13.6. The minimum Gasteiger partial charge on any atom is -0.459 e. The number of allylic oxidation sites excluding steroid dienone is 1. The molecular formula is C25H20F2N2O2. The van der Waals surface area contributed by atoms with Gasteiger partial charge in [-0.05, 0) is 78.4 Å². The fraction of sp³-hybridized carbons (Fsp3) is 0.200. The van der Waals surface area contributed by atoms with Crippen LogP contribution in [-0.2, 0) is 0 Å². The zero-order valence-corrected chi connectivity index (χ0v) is 16.7. The molecule has 1 aliphatic heterocycles. The van der Waals surface area contributed by atoms with Crippen LogP contribution in [0.1, 0.15) is 47.0 Å². The lowest BCUT2D eigenvalue weighted by molar-refractivity contribution is 0.0648. The molecule has 0 unspecified atom stereocenters. The number of amides is 1. The molecule has 156 valence electrons. The zero-order valence-electron chi connectivity index (χ0n) is 16.7. The summed E-state index contributed by atoms with van der Waals surface area (Å²) in [5.74, 6) is -0.743. The molecule has 1 saturated carbocycles. The molecule has 3 aromatic rings. The fourth-order valence-corrected chi connectivity index (χ4v) is 4.43. The molecule has 6 heteroatoms. The number of hydrogen-bond acceptors (Lipinski definition) is 3. The summed E-state index contributed by atoms with van der Waals surface area (Å²) in [6.45, 7) is 0. The first-order valence-electron chi connectivity index (χ1n) is 10.3. The van der Waals surface area contributed by atoms with Crippen molar-refractivity contribution < 1.29 is 18.0 Å². The number of halogens is 2.